The highest BCUT2D eigenvalue weighted by molar-refractivity contribution is 9.10. The van der Waals surface area contributed by atoms with Gasteiger partial charge in [0.2, 0.25) is 0 Å². The van der Waals surface area contributed by atoms with Crippen LogP contribution in [0.1, 0.15) is 19.3 Å². The average molecular weight is 388 g/mol. The predicted molar refractivity (Wildman–Crippen MR) is 86.6 cm³/mol. The zero-order chi connectivity index (χ0) is 15.7. The topological polar surface area (TPSA) is 63.7 Å². The summed E-state index contributed by atoms with van der Waals surface area (Å²) in [6.07, 6.45) is 2.45. The SMILES string of the molecule is O=C(COc1ccccc1Br)N(C1CC1)[C@H]1CCS(=O)(=O)C1. The minimum atomic E-state index is -3.00. The Kier molecular flexibility index (Phi) is 4.45. The molecule has 1 saturated carbocycles. The van der Waals surface area contributed by atoms with Crippen LogP contribution in [-0.4, -0.2) is 49.4 Å². The molecular weight excluding hydrogens is 370 g/mol. The molecule has 7 heteroatoms. The Hall–Kier alpha value is -1.08. The summed E-state index contributed by atoms with van der Waals surface area (Å²) >= 11 is 3.38. The Labute approximate surface area is 138 Å². The number of ether oxygens (including phenoxy) is 1. The average Bonchev–Trinajstić information content (AvgIpc) is 3.22. The van der Waals surface area contributed by atoms with Crippen molar-refractivity contribution in [3.8, 4) is 5.75 Å². The van der Waals surface area contributed by atoms with E-state index < -0.39 is 9.84 Å². The van der Waals surface area contributed by atoms with Crippen LogP contribution in [0.4, 0.5) is 0 Å². The molecule has 0 N–H and O–H groups in total. The van der Waals surface area contributed by atoms with Crippen LogP contribution >= 0.6 is 15.9 Å². The molecule has 2 fully saturated rings. The molecular formula is C15H18BrNO4S. The molecule has 120 valence electrons. The highest BCUT2D eigenvalue weighted by Gasteiger charge is 2.42. The highest BCUT2D eigenvalue weighted by atomic mass is 79.9. The number of benzene rings is 1. The maximum Gasteiger partial charge on any atom is 0.261 e. The maximum atomic E-state index is 12.5. The summed E-state index contributed by atoms with van der Waals surface area (Å²) in [4.78, 5) is 14.2. The fraction of sp³-hybridized carbons (Fsp3) is 0.533. The van der Waals surface area contributed by atoms with Crippen molar-refractivity contribution in [2.24, 2.45) is 0 Å². The Morgan fingerprint density at radius 3 is 2.55 bits per heavy atom. The first-order valence-electron chi connectivity index (χ1n) is 7.35. The summed E-state index contributed by atoms with van der Waals surface area (Å²) in [6, 6.07) is 7.35. The molecule has 1 heterocycles. The lowest BCUT2D eigenvalue weighted by Crippen LogP contribution is -2.45. The molecule has 0 unspecified atom stereocenters. The van der Waals surface area contributed by atoms with Gasteiger partial charge in [-0.25, -0.2) is 8.42 Å². The summed E-state index contributed by atoms with van der Waals surface area (Å²) in [7, 11) is -3.00. The van der Waals surface area contributed by atoms with E-state index in [1.165, 1.54) is 0 Å². The largest absolute Gasteiger partial charge is 0.483 e. The van der Waals surface area contributed by atoms with Gasteiger partial charge in [-0.2, -0.15) is 0 Å². The third kappa shape index (κ3) is 3.63. The van der Waals surface area contributed by atoms with Crippen molar-refractivity contribution in [3.63, 3.8) is 0 Å². The van der Waals surface area contributed by atoms with Gasteiger partial charge in [-0.05, 0) is 47.3 Å². The monoisotopic (exact) mass is 387 g/mol. The minimum absolute atomic E-state index is 0.0599. The molecule has 22 heavy (non-hydrogen) atoms. The van der Waals surface area contributed by atoms with Crippen LogP contribution in [0.25, 0.3) is 0 Å². The second-order valence-corrected chi connectivity index (χ2v) is 8.89. The van der Waals surface area contributed by atoms with Crippen molar-refractivity contribution in [1.82, 2.24) is 4.90 Å². The highest BCUT2D eigenvalue weighted by Crippen LogP contribution is 2.32. The lowest BCUT2D eigenvalue weighted by atomic mass is 10.2. The molecule has 0 spiro atoms. The Morgan fingerprint density at radius 2 is 1.95 bits per heavy atom. The third-order valence-corrected chi connectivity index (χ3v) is 6.42. The van der Waals surface area contributed by atoms with E-state index in [2.05, 4.69) is 15.9 Å². The quantitative estimate of drug-likeness (QED) is 0.774. The molecule has 1 aromatic carbocycles. The minimum Gasteiger partial charge on any atom is -0.483 e. The number of carbonyl (C=O) groups excluding carboxylic acids is 1. The Bertz CT molecular complexity index is 672. The standard InChI is InChI=1S/C15H18BrNO4S/c16-13-3-1-2-4-14(13)21-9-15(18)17(11-5-6-11)12-7-8-22(19,20)10-12/h1-4,11-12H,5-10H2/t12-/m0/s1. The molecule has 3 rings (SSSR count). The molecule has 1 aliphatic heterocycles. The first kappa shape index (κ1) is 15.8. The van der Waals surface area contributed by atoms with E-state index in [0.717, 1.165) is 17.3 Å². The van der Waals surface area contributed by atoms with E-state index >= 15 is 0 Å². The van der Waals surface area contributed by atoms with Gasteiger partial charge in [0, 0.05) is 12.1 Å². The lowest BCUT2D eigenvalue weighted by molar-refractivity contribution is -0.135. The van der Waals surface area contributed by atoms with Crippen LogP contribution in [0, 0.1) is 0 Å². The smallest absolute Gasteiger partial charge is 0.261 e. The number of hydrogen-bond acceptors (Lipinski definition) is 4. The van der Waals surface area contributed by atoms with Gasteiger partial charge in [0.25, 0.3) is 5.91 Å². The molecule has 5 nitrogen and oxygen atoms in total. The summed E-state index contributed by atoms with van der Waals surface area (Å²) in [5.41, 5.74) is 0. The van der Waals surface area contributed by atoms with E-state index in [1.54, 1.807) is 11.0 Å². The Balaban J connectivity index is 1.65. The fourth-order valence-corrected chi connectivity index (χ4v) is 4.94. The summed E-state index contributed by atoms with van der Waals surface area (Å²) in [6.45, 7) is -0.0599. The number of nitrogens with zero attached hydrogens (tertiary/aromatic N) is 1. The molecule has 2 aliphatic rings. The van der Waals surface area contributed by atoms with Gasteiger partial charge >= 0.3 is 0 Å². The molecule has 1 saturated heterocycles. The molecule has 1 aromatic rings. The van der Waals surface area contributed by atoms with Crippen LogP contribution in [0.15, 0.2) is 28.7 Å². The first-order valence-corrected chi connectivity index (χ1v) is 9.96. The van der Waals surface area contributed by atoms with Crippen molar-refractivity contribution in [1.29, 1.82) is 0 Å². The zero-order valence-electron chi connectivity index (χ0n) is 12.1. The van der Waals surface area contributed by atoms with Gasteiger partial charge in [0.1, 0.15) is 5.75 Å². The summed E-state index contributed by atoms with van der Waals surface area (Å²) in [5, 5.41) is 0. The summed E-state index contributed by atoms with van der Waals surface area (Å²) < 4.78 is 29.7. The van der Waals surface area contributed by atoms with Crippen LogP contribution < -0.4 is 4.74 Å². The normalized spacial score (nSPS) is 23.2. The van der Waals surface area contributed by atoms with Crippen LogP contribution in [0.2, 0.25) is 0 Å². The number of para-hydroxylation sites is 1. The second kappa shape index (κ2) is 6.20. The van der Waals surface area contributed by atoms with Gasteiger partial charge in [-0.3, -0.25) is 4.79 Å². The van der Waals surface area contributed by atoms with Crippen LogP contribution in [-0.2, 0) is 14.6 Å². The van der Waals surface area contributed by atoms with E-state index in [1.807, 2.05) is 18.2 Å². The van der Waals surface area contributed by atoms with Crippen molar-refractivity contribution < 1.29 is 17.9 Å². The number of hydrogen-bond donors (Lipinski definition) is 0. The number of amides is 1. The van der Waals surface area contributed by atoms with Crippen LogP contribution in [0.3, 0.4) is 0 Å². The second-order valence-electron chi connectivity index (χ2n) is 5.81. The Morgan fingerprint density at radius 1 is 1.23 bits per heavy atom. The molecule has 0 bridgehead atoms. The third-order valence-electron chi connectivity index (χ3n) is 4.02. The van der Waals surface area contributed by atoms with Gasteiger partial charge in [0.05, 0.1) is 16.0 Å². The van der Waals surface area contributed by atoms with Gasteiger partial charge < -0.3 is 9.64 Å². The predicted octanol–water partition coefficient (Wildman–Crippen LogP) is 2.01. The van der Waals surface area contributed by atoms with Crippen LogP contribution in [0.5, 0.6) is 5.75 Å². The van der Waals surface area contributed by atoms with Crippen molar-refractivity contribution in [2.75, 3.05) is 18.1 Å². The number of halogens is 1. The number of rotatable bonds is 5. The van der Waals surface area contributed by atoms with Gasteiger partial charge in [-0.1, -0.05) is 12.1 Å². The van der Waals surface area contributed by atoms with E-state index in [0.29, 0.717) is 12.2 Å². The molecule has 1 atom stereocenters. The summed E-state index contributed by atoms with van der Waals surface area (Å²) in [5.74, 6) is 0.759. The van der Waals surface area contributed by atoms with Crippen molar-refractivity contribution in [2.45, 2.75) is 31.3 Å². The molecule has 0 radical (unpaired) electrons. The number of sulfone groups is 1. The van der Waals surface area contributed by atoms with Crippen molar-refractivity contribution >= 4 is 31.7 Å². The van der Waals surface area contributed by atoms with E-state index in [4.69, 9.17) is 4.74 Å². The molecule has 1 amide bonds. The van der Waals surface area contributed by atoms with Gasteiger partial charge in [-0.15, -0.1) is 0 Å². The molecule has 1 aliphatic carbocycles. The first-order chi connectivity index (χ1) is 10.5. The van der Waals surface area contributed by atoms with Crippen molar-refractivity contribution in [3.05, 3.63) is 28.7 Å². The molecule has 0 aromatic heterocycles. The van der Waals surface area contributed by atoms with E-state index in [-0.39, 0.29) is 36.1 Å². The van der Waals surface area contributed by atoms with Gasteiger partial charge in [0.15, 0.2) is 16.4 Å². The zero-order valence-corrected chi connectivity index (χ0v) is 14.5. The number of carbonyl (C=O) groups is 1. The lowest BCUT2D eigenvalue weighted by Gasteiger charge is -2.28. The fourth-order valence-electron chi connectivity index (χ4n) is 2.83. The maximum absolute atomic E-state index is 12.5. The van der Waals surface area contributed by atoms with E-state index in [9.17, 15) is 13.2 Å².